The number of ether oxygens (including phenoxy) is 1. The molecule has 2 aromatic heterocycles. The molecule has 0 fully saturated rings. The zero-order valence-electron chi connectivity index (χ0n) is 18.1. The zero-order chi connectivity index (χ0) is 23.3. The van der Waals surface area contributed by atoms with Crippen LogP contribution in [0.25, 0.3) is 10.9 Å². The van der Waals surface area contributed by atoms with Gasteiger partial charge in [-0.3, -0.25) is 4.55 Å². The normalized spacial score (nSPS) is 11.2. The van der Waals surface area contributed by atoms with Gasteiger partial charge in [-0.05, 0) is 48.7 Å². The topological polar surface area (TPSA) is 81.4 Å². The molecule has 168 valence electrons. The van der Waals surface area contributed by atoms with Crippen molar-refractivity contribution in [3.8, 4) is 5.88 Å². The van der Waals surface area contributed by atoms with Gasteiger partial charge >= 0.3 is 0 Å². The maximum absolute atomic E-state index is 9.19. The number of aryl methyl sites for hydroxylation is 1. The lowest BCUT2D eigenvalue weighted by molar-refractivity contribution is 0.296. The molecule has 0 unspecified atom stereocenters. The van der Waals surface area contributed by atoms with Crippen molar-refractivity contribution in [1.29, 1.82) is 0 Å². The van der Waals surface area contributed by atoms with Crippen molar-refractivity contribution in [3.05, 3.63) is 94.3 Å². The SMILES string of the molecule is CS(=O)(=O)O.Cc1c(C)n(Cc2ccccc2)c2c(OCc3ccc(Cl)cc3)nccc12. The molecule has 2 heterocycles. The van der Waals surface area contributed by atoms with E-state index in [4.69, 9.17) is 20.9 Å². The van der Waals surface area contributed by atoms with Gasteiger partial charge in [0.15, 0.2) is 0 Å². The molecule has 0 aliphatic carbocycles. The van der Waals surface area contributed by atoms with E-state index < -0.39 is 10.1 Å². The van der Waals surface area contributed by atoms with E-state index in [1.807, 2.05) is 36.5 Å². The number of halogens is 1. The molecule has 4 rings (SSSR count). The summed E-state index contributed by atoms with van der Waals surface area (Å²) in [6.07, 6.45) is 2.53. The van der Waals surface area contributed by atoms with Crippen LogP contribution in [0, 0.1) is 13.8 Å². The van der Waals surface area contributed by atoms with Gasteiger partial charge in [-0.15, -0.1) is 0 Å². The van der Waals surface area contributed by atoms with E-state index in [-0.39, 0.29) is 0 Å². The molecule has 0 bridgehead atoms. The highest BCUT2D eigenvalue weighted by Crippen LogP contribution is 2.32. The number of rotatable bonds is 5. The van der Waals surface area contributed by atoms with Crippen LogP contribution in [0.1, 0.15) is 22.4 Å². The van der Waals surface area contributed by atoms with E-state index in [9.17, 15) is 8.42 Å². The molecule has 0 atom stereocenters. The summed E-state index contributed by atoms with van der Waals surface area (Å²) in [5.74, 6) is 0.662. The third-order valence-corrected chi connectivity index (χ3v) is 5.24. The summed E-state index contributed by atoms with van der Waals surface area (Å²) >= 11 is 5.97. The van der Waals surface area contributed by atoms with Crippen molar-refractivity contribution < 1.29 is 17.7 Å². The van der Waals surface area contributed by atoms with Crippen LogP contribution in [0.15, 0.2) is 66.9 Å². The number of hydrogen-bond donors (Lipinski definition) is 1. The fourth-order valence-electron chi connectivity index (χ4n) is 3.36. The first-order valence-corrected chi connectivity index (χ1v) is 12.1. The third-order valence-electron chi connectivity index (χ3n) is 4.98. The van der Waals surface area contributed by atoms with Crippen LogP contribution in [-0.4, -0.2) is 28.8 Å². The van der Waals surface area contributed by atoms with Gasteiger partial charge in [0.1, 0.15) is 12.1 Å². The van der Waals surface area contributed by atoms with Crippen LogP contribution in [0.2, 0.25) is 5.02 Å². The molecule has 2 aromatic carbocycles. The smallest absolute Gasteiger partial charge is 0.261 e. The quantitative estimate of drug-likeness (QED) is 0.391. The molecule has 0 saturated heterocycles. The lowest BCUT2D eigenvalue weighted by Crippen LogP contribution is -2.05. The summed E-state index contributed by atoms with van der Waals surface area (Å²) < 4.78 is 34.3. The fourth-order valence-corrected chi connectivity index (χ4v) is 3.49. The van der Waals surface area contributed by atoms with Crippen LogP contribution >= 0.6 is 11.6 Å². The molecular weight excluding hydrogens is 448 g/mol. The van der Waals surface area contributed by atoms with Gasteiger partial charge < -0.3 is 9.30 Å². The Morgan fingerprint density at radius 2 is 1.62 bits per heavy atom. The number of pyridine rings is 1. The molecule has 4 aromatic rings. The fraction of sp³-hybridized carbons (Fsp3) is 0.208. The molecule has 0 saturated carbocycles. The van der Waals surface area contributed by atoms with Crippen molar-refractivity contribution in [2.24, 2.45) is 0 Å². The van der Waals surface area contributed by atoms with Crippen LogP contribution in [0.3, 0.4) is 0 Å². The summed E-state index contributed by atoms with van der Waals surface area (Å²) in [7, 11) is -3.67. The van der Waals surface area contributed by atoms with Gasteiger partial charge in [-0.1, -0.05) is 54.1 Å². The van der Waals surface area contributed by atoms with E-state index in [2.05, 4.69) is 53.7 Å². The molecule has 0 radical (unpaired) electrons. The van der Waals surface area contributed by atoms with E-state index in [0.717, 1.165) is 22.6 Å². The Morgan fingerprint density at radius 3 is 2.25 bits per heavy atom. The highest BCUT2D eigenvalue weighted by atomic mass is 35.5. The van der Waals surface area contributed by atoms with Gasteiger partial charge in [-0.2, -0.15) is 8.42 Å². The summed E-state index contributed by atoms with van der Waals surface area (Å²) in [5.41, 5.74) is 5.86. The molecule has 0 aliphatic rings. The second kappa shape index (κ2) is 10.2. The average molecular weight is 473 g/mol. The highest BCUT2D eigenvalue weighted by molar-refractivity contribution is 7.85. The van der Waals surface area contributed by atoms with Crippen molar-refractivity contribution >= 4 is 32.6 Å². The summed E-state index contributed by atoms with van der Waals surface area (Å²) in [6, 6.07) is 20.2. The van der Waals surface area contributed by atoms with Crippen molar-refractivity contribution in [1.82, 2.24) is 9.55 Å². The van der Waals surface area contributed by atoms with E-state index >= 15 is 0 Å². The number of nitrogens with zero attached hydrogens (tertiary/aromatic N) is 2. The summed E-state index contributed by atoms with van der Waals surface area (Å²) in [6.45, 7) is 5.56. The number of hydrogen-bond acceptors (Lipinski definition) is 4. The number of benzene rings is 2. The minimum Gasteiger partial charge on any atom is -0.471 e. The van der Waals surface area contributed by atoms with Crippen LogP contribution in [-0.2, 0) is 23.3 Å². The number of fused-ring (bicyclic) bond motifs is 1. The monoisotopic (exact) mass is 472 g/mol. The van der Waals surface area contributed by atoms with Gasteiger partial charge in [0.2, 0.25) is 5.88 Å². The molecule has 0 amide bonds. The van der Waals surface area contributed by atoms with Gasteiger partial charge in [0, 0.05) is 28.8 Å². The van der Waals surface area contributed by atoms with E-state index in [0.29, 0.717) is 18.7 Å². The second-order valence-electron chi connectivity index (χ2n) is 7.44. The second-order valence-corrected chi connectivity index (χ2v) is 9.35. The summed E-state index contributed by atoms with van der Waals surface area (Å²) in [4.78, 5) is 4.53. The average Bonchev–Trinajstić information content (AvgIpc) is 2.98. The molecule has 6 nitrogen and oxygen atoms in total. The van der Waals surface area contributed by atoms with Crippen LogP contribution in [0.4, 0.5) is 0 Å². The predicted molar refractivity (Wildman–Crippen MR) is 128 cm³/mol. The van der Waals surface area contributed by atoms with Crippen molar-refractivity contribution in [2.75, 3.05) is 6.26 Å². The Labute approximate surface area is 193 Å². The first kappa shape index (κ1) is 23.8. The van der Waals surface area contributed by atoms with Gasteiger partial charge in [0.05, 0.1) is 6.26 Å². The Kier molecular flexibility index (Phi) is 7.56. The first-order chi connectivity index (χ1) is 15.1. The minimum atomic E-state index is -3.67. The minimum absolute atomic E-state index is 0.456. The van der Waals surface area contributed by atoms with Crippen LogP contribution in [0.5, 0.6) is 5.88 Å². The van der Waals surface area contributed by atoms with Crippen molar-refractivity contribution in [2.45, 2.75) is 27.0 Å². The van der Waals surface area contributed by atoms with E-state index in [1.165, 1.54) is 22.2 Å². The van der Waals surface area contributed by atoms with Gasteiger partial charge in [0.25, 0.3) is 10.1 Å². The maximum atomic E-state index is 9.19. The lowest BCUT2D eigenvalue weighted by atomic mass is 10.2. The Balaban J connectivity index is 0.000000523. The van der Waals surface area contributed by atoms with Crippen molar-refractivity contribution in [3.63, 3.8) is 0 Å². The zero-order valence-corrected chi connectivity index (χ0v) is 19.7. The highest BCUT2D eigenvalue weighted by Gasteiger charge is 2.16. The molecule has 32 heavy (non-hydrogen) atoms. The molecular formula is C24H25ClN2O4S. The molecule has 1 N–H and O–H groups in total. The predicted octanol–water partition coefficient (Wildman–Crippen LogP) is 5.44. The Hall–Kier alpha value is -2.87. The molecule has 0 spiro atoms. The Morgan fingerprint density at radius 1 is 1.00 bits per heavy atom. The van der Waals surface area contributed by atoms with E-state index in [1.54, 1.807) is 0 Å². The van der Waals surface area contributed by atoms with Crippen LogP contribution < -0.4 is 4.74 Å². The standard InChI is InChI=1S/C23H21ClN2O.CH4O3S/c1-16-17(2)26(14-18-6-4-3-5-7-18)22-21(16)12-13-25-23(22)27-15-19-8-10-20(24)11-9-19;1-5(2,3)4/h3-13H,14-15H2,1-2H3;1H3,(H,2,3,4). The number of aromatic nitrogens is 2. The first-order valence-electron chi connectivity index (χ1n) is 9.91. The molecule has 0 aliphatic heterocycles. The third kappa shape index (κ3) is 6.32. The molecule has 8 heteroatoms. The maximum Gasteiger partial charge on any atom is 0.261 e. The largest absolute Gasteiger partial charge is 0.471 e. The summed E-state index contributed by atoms with van der Waals surface area (Å²) in [5, 5.41) is 1.91. The van der Waals surface area contributed by atoms with Gasteiger partial charge in [-0.25, -0.2) is 4.98 Å². The lowest BCUT2D eigenvalue weighted by Gasteiger charge is -2.12. The Bertz CT molecular complexity index is 1290.